The van der Waals surface area contributed by atoms with Crippen molar-refractivity contribution < 1.29 is 4.74 Å². The van der Waals surface area contributed by atoms with Crippen molar-refractivity contribution in [1.29, 1.82) is 0 Å². The molecule has 1 saturated heterocycles. The van der Waals surface area contributed by atoms with Gasteiger partial charge in [-0.15, -0.1) is 0 Å². The minimum Gasteiger partial charge on any atom is -0.378 e. The van der Waals surface area contributed by atoms with Crippen molar-refractivity contribution >= 4 is 0 Å². The summed E-state index contributed by atoms with van der Waals surface area (Å²) in [5.41, 5.74) is 0. The molecule has 4 unspecified atom stereocenters. The zero-order chi connectivity index (χ0) is 11.4. The van der Waals surface area contributed by atoms with Gasteiger partial charge < -0.3 is 10.1 Å². The number of hydrogen-bond acceptors (Lipinski definition) is 2. The van der Waals surface area contributed by atoms with E-state index in [0.29, 0.717) is 6.10 Å². The quantitative estimate of drug-likeness (QED) is 0.794. The number of rotatable bonds is 4. The van der Waals surface area contributed by atoms with E-state index in [2.05, 4.69) is 19.2 Å². The lowest BCUT2D eigenvalue weighted by Crippen LogP contribution is -2.27. The van der Waals surface area contributed by atoms with E-state index < -0.39 is 0 Å². The van der Waals surface area contributed by atoms with Gasteiger partial charge in [-0.05, 0) is 62.9 Å². The van der Waals surface area contributed by atoms with Crippen LogP contribution in [-0.2, 0) is 4.74 Å². The molecule has 0 aromatic rings. The Morgan fingerprint density at radius 2 is 2.00 bits per heavy atom. The molecule has 0 aromatic heterocycles. The molecule has 1 N–H and O–H groups in total. The predicted octanol–water partition coefficient (Wildman–Crippen LogP) is 2.83. The number of hydrogen-bond donors (Lipinski definition) is 1. The maximum Gasteiger partial charge on any atom is 0.0577 e. The minimum absolute atomic E-state index is 0.556. The molecule has 2 rings (SSSR count). The third-order valence-electron chi connectivity index (χ3n) is 4.59. The van der Waals surface area contributed by atoms with Crippen LogP contribution in [-0.4, -0.2) is 25.8 Å². The fraction of sp³-hybridized carbons (Fsp3) is 1.00. The summed E-state index contributed by atoms with van der Waals surface area (Å²) in [7, 11) is 0. The molecule has 0 bridgehead atoms. The highest BCUT2D eigenvalue weighted by Crippen LogP contribution is 2.31. The molecule has 2 fully saturated rings. The normalized spacial score (nSPS) is 40.1. The average molecular weight is 225 g/mol. The van der Waals surface area contributed by atoms with Gasteiger partial charge in [-0.25, -0.2) is 0 Å². The predicted molar refractivity (Wildman–Crippen MR) is 67.5 cm³/mol. The summed E-state index contributed by atoms with van der Waals surface area (Å²) >= 11 is 0. The van der Waals surface area contributed by atoms with Crippen molar-refractivity contribution in [2.45, 2.75) is 52.1 Å². The van der Waals surface area contributed by atoms with E-state index in [0.717, 1.165) is 24.4 Å². The zero-order valence-electron chi connectivity index (χ0n) is 10.9. The Balaban J connectivity index is 1.59. The molecular formula is C14H27NO. The SMILES string of the molecule is CC1CCC(OCCC2CCNC2)CC1C. The lowest BCUT2D eigenvalue weighted by atomic mass is 9.80. The van der Waals surface area contributed by atoms with Crippen LogP contribution in [0.2, 0.25) is 0 Å². The molecule has 0 amide bonds. The summed E-state index contributed by atoms with van der Waals surface area (Å²) in [5.74, 6) is 2.63. The first-order valence-corrected chi connectivity index (χ1v) is 7.08. The third-order valence-corrected chi connectivity index (χ3v) is 4.59. The third kappa shape index (κ3) is 3.46. The Labute approximate surface area is 100 Å². The second-order valence-electron chi connectivity index (χ2n) is 5.91. The molecule has 2 nitrogen and oxygen atoms in total. The zero-order valence-corrected chi connectivity index (χ0v) is 10.9. The van der Waals surface area contributed by atoms with E-state index in [1.54, 1.807) is 0 Å². The van der Waals surface area contributed by atoms with Crippen LogP contribution < -0.4 is 5.32 Å². The highest BCUT2D eigenvalue weighted by atomic mass is 16.5. The second-order valence-corrected chi connectivity index (χ2v) is 5.91. The Kier molecular flexibility index (Phi) is 4.66. The van der Waals surface area contributed by atoms with Crippen molar-refractivity contribution in [2.24, 2.45) is 17.8 Å². The molecule has 2 heteroatoms. The largest absolute Gasteiger partial charge is 0.378 e. The summed E-state index contributed by atoms with van der Waals surface area (Å²) in [5, 5.41) is 3.42. The molecule has 94 valence electrons. The average Bonchev–Trinajstić information content (AvgIpc) is 2.76. The fourth-order valence-electron chi connectivity index (χ4n) is 3.01. The molecule has 16 heavy (non-hydrogen) atoms. The monoisotopic (exact) mass is 225 g/mol. The lowest BCUT2D eigenvalue weighted by molar-refractivity contribution is -0.00217. The van der Waals surface area contributed by atoms with E-state index in [1.165, 1.54) is 45.2 Å². The van der Waals surface area contributed by atoms with Crippen LogP contribution in [0.4, 0.5) is 0 Å². The summed E-state index contributed by atoms with van der Waals surface area (Å²) in [6.07, 6.45) is 7.09. The number of nitrogens with one attached hydrogen (secondary N) is 1. The van der Waals surface area contributed by atoms with Crippen molar-refractivity contribution in [3.63, 3.8) is 0 Å². The maximum absolute atomic E-state index is 6.04. The van der Waals surface area contributed by atoms with Gasteiger partial charge in [-0.3, -0.25) is 0 Å². The first kappa shape index (κ1) is 12.4. The minimum atomic E-state index is 0.556. The maximum atomic E-state index is 6.04. The first-order chi connectivity index (χ1) is 7.75. The molecule has 1 aliphatic carbocycles. The fourth-order valence-corrected chi connectivity index (χ4v) is 3.01. The van der Waals surface area contributed by atoms with Gasteiger partial charge in [0.2, 0.25) is 0 Å². The Morgan fingerprint density at radius 3 is 2.69 bits per heavy atom. The smallest absolute Gasteiger partial charge is 0.0577 e. The summed E-state index contributed by atoms with van der Waals surface area (Å²) in [4.78, 5) is 0. The lowest BCUT2D eigenvalue weighted by Gasteiger charge is -2.32. The summed E-state index contributed by atoms with van der Waals surface area (Å²) < 4.78 is 6.04. The van der Waals surface area contributed by atoms with Gasteiger partial charge >= 0.3 is 0 Å². The number of ether oxygens (including phenoxy) is 1. The molecule has 0 radical (unpaired) electrons. The molecule has 4 atom stereocenters. The van der Waals surface area contributed by atoms with Crippen molar-refractivity contribution in [2.75, 3.05) is 19.7 Å². The van der Waals surface area contributed by atoms with Gasteiger partial charge in [0, 0.05) is 6.61 Å². The van der Waals surface area contributed by atoms with E-state index in [9.17, 15) is 0 Å². The highest BCUT2D eigenvalue weighted by Gasteiger charge is 2.25. The van der Waals surface area contributed by atoms with Crippen LogP contribution in [0.25, 0.3) is 0 Å². The molecule has 1 saturated carbocycles. The Bertz CT molecular complexity index is 201. The van der Waals surface area contributed by atoms with E-state index in [-0.39, 0.29) is 0 Å². The van der Waals surface area contributed by atoms with E-state index in [4.69, 9.17) is 4.74 Å². The highest BCUT2D eigenvalue weighted by molar-refractivity contribution is 4.76. The van der Waals surface area contributed by atoms with Crippen LogP contribution in [0.1, 0.15) is 46.0 Å². The molecule has 0 spiro atoms. The standard InChI is InChI=1S/C14H27NO/c1-11-3-4-14(9-12(11)2)16-8-6-13-5-7-15-10-13/h11-15H,3-10H2,1-2H3. The molecular weight excluding hydrogens is 198 g/mol. The molecule has 2 aliphatic rings. The van der Waals surface area contributed by atoms with Crippen LogP contribution in [0.5, 0.6) is 0 Å². The van der Waals surface area contributed by atoms with Crippen molar-refractivity contribution in [3.05, 3.63) is 0 Å². The van der Waals surface area contributed by atoms with Crippen LogP contribution in [0.3, 0.4) is 0 Å². The van der Waals surface area contributed by atoms with Crippen molar-refractivity contribution in [3.8, 4) is 0 Å². The topological polar surface area (TPSA) is 21.3 Å². The Hall–Kier alpha value is -0.0800. The molecule has 1 heterocycles. The van der Waals surface area contributed by atoms with Gasteiger partial charge in [-0.2, -0.15) is 0 Å². The first-order valence-electron chi connectivity index (χ1n) is 7.08. The van der Waals surface area contributed by atoms with Crippen LogP contribution in [0, 0.1) is 17.8 Å². The molecule has 1 aliphatic heterocycles. The Morgan fingerprint density at radius 1 is 1.12 bits per heavy atom. The second kappa shape index (κ2) is 6.02. The van der Waals surface area contributed by atoms with Crippen LogP contribution >= 0.6 is 0 Å². The van der Waals surface area contributed by atoms with Gasteiger partial charge in [-0.1, -0.05) is 13.8 Å². The summed E-state index contributed by atoms with van der Waals surface area (Å²) in [6, 6.07) is 0. The van der Waals surface area contributed by atoms with Crippen molar-refractivity contribution in [1.82, 2.24) is 5.32 Å². The molecule has 0 aromatic carbocycles. The summed E-state index contributed by atoms with van der Waals surface area (Å²) in [6.45, 7) is 8.16. The van der Waals surface area contributed by atoms with Gasteiger partial charge in [0.25, 0.3) is 0 Å². The van der Waals surface area contributed by atoms with Crippen LogP contribution in [0.15, 0.2) is 0 Å². The van der Waals surface area contributed by atoms with Gasteiger partial charge in [0.05, 0.1) is 6.10 Å². The van der Waals surface area contributed by atoms with E-state index in [1.807, 2.05) is 0 Å². The van der Waals surface area contributed by atoms with E-state index >= 15 is 0 Å². The van der Waals surface area contributed by atoms with Gasteiger partial charge in [0.1, 0.15) is 0 Å². The van der Waals surface area contributed by atoms with Gasteiger partial charge in [0.15, 0.2) is 0 Å².